The molecule has 0 saturated heterocycles. The van der Waals surface area contributed by atoms with Crippen molar-refractivity contribution < 1.29 is 0 Å². The van der Waals surface area contributed by atoms with Crippen molar-refractivity contribution in [3.63, 3.8) is 0 Å². The molecule has 0 fully saturated rings. The molecule has 0 unspecified atom stereocenters. The van der Waals surface area contributed by atoms with E-state index in [4.69, 9.17) is 11.6 Å². The number of halogens is 1. The van der Waals surface area contributed by atoms with Gasteiger partial charge in [0.2, 0.25) is 0 Å². The summed E-state index contributed by atoms with van der Waals surface area (Å²) in [6.07, 6.45) is 0. The molecule has 1 heterocycles. The molecule has 0 spiro atoms. The first-order valence-corrected chi connectivity index (χ1v) is 6.35. The van der Waals surface area contributed by atoms with Crippen molar-refractivity contribution in [3.05, 3.63) is 62.8 Å². The zero-order valence-corrected chi connectivity index (χ0v) is 11.0. The Kier molecular flexibility index (Phi) is 3.17. The summed E-state index contributed by atoms with van der Waals surface area (Å²) in [6.45, 7) is 8.44. The first-order valence-electron chi connectivity index (χ1n) is 5.09. The molecule has 0 saturated carbocycles. The van der Waals surface area contributed by atoms with E-state index in [0.717, 1.165) is 16.2 Å². The average molecular weight is 249 g/mol. The van der Waals surface area contributed by atoms with Crippen molar-refractivity contribution in [2.24, 2.45) is 0 Å². The molecule has 2 aromatic rings. The van der Waals surface area contributed by atoms with Crippen molar-refractivity contribution >= 4 is 28.5 Å². The van der Waals surface area contributed by atoms with Crippen LogP contribution >= 0.6 is 22.9 Å². The molecule has 2 heteroatoms. The van der Waals surface area contributed by atoms with E-state index in [0.29, 0.717) is 0 Å². The van der Waals surface area contributed by atoms with Gasteiger partial charge in [-0.1, -0.05) is 30.3 Å². The largest absolute Gasteiger partial charge is 0.148 e. The maximum absolute atomic E-state index is 5.87. The lowest BCUT2D eigenvalue weighted by Gasteiger charge is -2.06. The first-order chi connectivity index (χ1) is 7.59. The van der Waals surface area contributed by atoms with E-state index in [2.05, 4.69) is 25.8 Å². The maximum atomic E-state index is 5.87. The summed E-state index contributed by atoms with van der Waals surface area (Å²) in [5, 5.41) is 2.93. The lowest BCUT2D eigenvalue weighted by Crippen LogP contribution is -1.86. The molecule has 0 N–H and O–H groups in total. The molecule has 0 amide bonds. The van der Waals surface area contributed by atoms with Crippen molar-refractivity contribution in [2.45, 2.75) is 13.8 Å². The van der Waals surface area contributed by atoms with Crippen LogP contribution in [-0.2, 0) is 0 Å². The molecule has 16 heavy (non-hydrogen) atoms. The van der Waals surface area contributed by atoms with Gasteiger partial charge in [-0.15, -0.1) is 11.3 Å². The normalized spacial score (nSPS) is 10.4. The van der Waals surface area contributed by atoms with Crippen molar-refractivity contribution in [2.75, 3.05) is 0 Å². The molecule has 1 aromatic heterocycles. The Balaban J connectivity index is 2.39. The fourth-order valence-corrected chi connectivity index (χ4v) is 2.64. The summed E-state index contributed by atoms with van der Waals surface area (Å²) in [7, 11) is 0. The van der Waals surface area contributed by atoms with E-state index >= 15 is 0 Å². The highest BCUT2D eigenvalue weighted by Gasteiger charge is 2.08. The fraction of sp³-hybridized carbons (Fsp3) is 0.143. The molecule has 0 nitrogen and oxygen atoms in total. The molecule has 0 aliphatic heterocycles. The predicted molar refractivity (Wildman–Crippen MR) is 73.4 cm³/mol. The van der Waals surface area contributed by atoms with E-state index in [9.17, 15) is 0 Å². The second-order valence-electron chi connectivity index (χ2n) is 3.82. The third kappa shape index (κ3) is 2.06. The van der Waals surface area contributed by atoms with E-state index in [1.807, 2.05) is 24.3 Å². The van der Waals surface area contributed by atoms with Crippen LogP contribution in [-0.4, -0.2) is 0 Å². The zero-order valence-electron chi connectivity index (χ0n) is 9.38. The Morgan fingerprint density at radius 2 is 1.81 bits per heavy atom. The third-order valence-corrected chi connectivity index (χ3v) is 4.07. The minimum atomic E-state index is 0.759. The van der Waals surface area contributed by atoms with Crippen LogP contribution in [0.15, 0.2) is 36.2 Å². The highest BCUT2D eigenvalue weighted by Crippen LogP contribution is 2.30. The third-order valence-electron chi connectivity index (χ3n) is 2.80. The summed E-state index contributed by atoms with van der Waals surface area (Å²) < 4.78 is 0. The van der Waals surface area contributed by atoms with E-state index < -0.39 is 0 Å². The van der Waals surface area contributed by atoms with Crippen LogP contribution in [0.5, 0.6) is 0 Å². The van der Waals surface area contributed by atoms with Crippen LogP contribution in [0.1, 0.15) is 21.6 Å². The van der Waals surface area contributed by atoms with Gasteiger partial charge >= 0.3 is 0 Å². The number of hydrogen-bond donors (Lipinski definition) is 0. The highest BCUT2D eigenvalue weighted by molar-refractivity contribution is 7.10. The molecule has 2 rings (SSSR count). The van der Waals surface area contributed by atoms with E-state index in [1.54, 1.807) is 11.3 Å². The average Bonchev–Trinajstić information content (AvgIpc) is 2.60. The Labute approximate surface area is 105 Å². The van der Waals surface area contributed by atoms with E-state index in [1.165, 1.54) is 16.0 Å². The van der Waals surface area contributed by atoms with Crippen LogP contribution in [0.3, 0.4) is 0 Å². The van der Waals surface area contributed by atoms with Gasteiger partial charge in [0.25, 0.3) is 0 Å². The monoisotopic (exact) mass is 248 g/mol. The van der Waals surface area contributed by atoms with Crippen LogP contribution in [0.25, 0.3) is 5.57 Å². The number of rotatable bonds is 2. The minimum Gasteiger partial charge on any atom is -0.148 e. The lowest BCUT2D eigenvalue weighted by molar-refractivity contribution is 1.41. The van der Waals surface area contributed by atoms with Gasteiger partial charge in [-0.25, -0.2) is 0 Å². The quantitative estimate of drug-likeness (QED) is 0.695. The van der Waals surface area contributed by atoms with Crippen molar-refractivity contribution in [1.29, 1.82) is 0 Å². The topological polar surface area (TPSA) is 0 Å². The summed E-state index contributed by atoms with van der Waals surface area (Å²) in [5.74, 6) is 0. The molecule has 1 aromatic carbocycles. The predicted octanol–water partition coefficient (Wildman–Crippen LogP) is 5.08. The van der Waals surface area contributed by atoms with Gasteiger partial charge in [0.05, 0.1) is 0 Å². The van der Waals surface area contributed by atoms with Gasteiger partial charge in [-0.2, -0.15) is 0 Å². The fourth-order valence-electron chi connectivity index (χ4n) is 1.62. The van der Waals surface area contributed by atoms with Crippen LogP contribution < -0.4 is 0 Å². The van der Waals surface area contributed by atoms with E-state index in [-0.39, 0.29) is 0 Å². The zero-order chi connectivity index (χ0) is 11.7. The van der Waals surface area contributed by atoms with Gasteiger partial charge < -0.3 is 0 Å². The Morgan fingerprint density at radius 1 is 1.19 bits per heavy atom. The number of thiophene rings is 1. The molecular weight excluding hydrogens is 236 g/mol. The molecule has 0 aliphatic carbocycles. The smallest absolute Gasteiger partial charge is 0.0406 e. The Bertz CT molecular complexity index is 520. The molecule has 0 radical (unpaired) electrons. The number of hydrogen-bond acceptors (Lipinski definition) is 1. The second kappa shape index (κ2) is 4.44. The highest BCUT2D eigenvalue weighted by atomic mass is 35.5. The van der Waals surface area contributed by atoms with Crippen molar-refractivity contribution in [1.82, 2.24) is 0 Å². The SMILES string of the molecule is C=C(c1ccc(Cl)cc1)c1csc(C)c1C. The molecule has 0 bridgehead atoms. The second-order valence-corrected chi connectivity index (χ2v) is 5.34. The number of benzene rings is 1. The van der Waals surface area contributed by atoms with Crippen molar-refractivity contribution in [3.8, 4) is 0 Å². The van der Waals surface area contributed by atoms with Crippen LogP contribution in [0, 0.1) is 13.8 Å². The van der Waals surface area contributed by atoms with Gasteiger partial charge in [0.1, 0.15) is 0 Å². The summed E-state index contributed by atoms with van der Waals surface area (Å²) in [5.41, 5.74) is 4.76. The Hall–Kier alpha value is -1.05. The lowest BCUT2D eigenvalue weighted by atomic mass is 9.99. The molecule has 0 atom stereocenters. The molecule has 0 aliphatic rings. The Morgan fingerprint density at radius 3 is 2.31 bits per heavy atom. The summed E-state index contributed by atoms with van der Waals surface area (Å²) in [4.78, 5) is 1.35. The van der Waals surface area contributed by atoms with Gasteiger partial charge in [0.15, 0.2) is 0 Å². The van der Waals surface area contributed by atoms with Crippen LogP contribution in [0.4, 0.5) is 0 Å². The van der Waals surface area contributed by atoms with Gasteiger partial charge in [-0.05, 0) is 53.6 Å². The maximum Gasteiger partial charge on any atom is 0.0406 e. The minimum absolute atomic E-state index is 0.759. The number of aryl methyl sites for hydroxylation is 1. The first kappa shape index (κ1) is 11.4. The molecule has 82 valence electrons. The standard InChI is InChI=1S/C14H13ClS/c1-9-11(3)16-8-14(9)10(2)12-4-6-13(15)7-5-12/h4-8H,2H2,1,3H3. The summed E-state index contributed by atoms with van der Waals surface area (Å²) >= 11 is 7.64. The van der Waals surface area contributed by atoms with Crippen LogP contribution in [0.2, 0.25) is 5.02 Å². The van der Waals surface area contributed by atoms with Gasteiger partial charge in [-0.3, -0.25) is 0 Å². The molecular formula is C14H13ClS. The van der Waals surface area contributed by atoms with Gasteiger partial charge in [0, 0.05) is 9.90 Å². The summed E-state index contributed by atoms with van der Waals surface area (Å²) in [6, 6.07) is 7.82.